The van der Waals surface area contributed by atoms with Crippen LogP contribution in [0.25, 0.3) is 0 Å². The summed E-state index contributed by atoms with van der Waals surface area (Å²) in [5, 5.41) is 2.86. The lowest BCUT2D eigenvalue weighted by Gasteiger charge is -2.30. The standard InChI is InChI=1S/C26H31N3O4/c1-2-28(17-20-11-13-22(14-12-20)33-19-21-9-5-3-6-10-21)23(30)18-29-24(31)26(27-25(29)32)15-7-4-8-16-26/h3,5-6,9-14H,2,4,7-8,15-19H2,1H3,(H,27,32). The van der Waals surface area contributed by atoms with E-state index in [1.165, 1.54) is 0 Å². The molecule has 0 radical (unpaired) electrons. The Balaban J connectivity index is 1.33. The van der Waals surface area contributed by atoms with Crippen molar-refractivity contribution in [1.29, 1.82) is 0 Å². The van der Waals surface area contributed by atoms with E-state index in [1.807, 2.05) is 61.5 Å². The van der Waals surface area contributed by atoms with Crippen molar-refractivity contribution in [3.8, 4) is 5.75 Å². The fourth-order valence-corrected chi connectivity index (χ4v) is 4.58. The van der Waals surface area contributed by atoms with E-state index in [4.69, 9.17) is 4.74 Å². The highest BCUT2D eigenvalue weighted by Gasteiger charge is 2.51. The number of ether oxygens (including phenoxy) is 1. The fraction of sp³-hybridized carbons (Fsp3) is 0.423. The van der Waals surface area contributed by atoms with E-state index in [-0.39, 0.29) is 18.4 Å². The number of benzene rings is 2. The van der Waals surface area contributed by atoms with E-state index < -0.39 is 11.6 Å². The van der Waals surface area contributed by atoms with Gasteiger partial charge in [0, 0.05) is 13.1 Å². The van der Waals surface area contributed by atoms with Crippen molar-refractivity contribution in [2.45, 2.75) is 57.7 Å². The molecule has 0 unspecified atom stereocenters. The summed E-state index contributed by atoms with van der Waals surface area (Å²) in [7, 11) is 0. The Kier molecular flexibility index (Phi) is 6.96. The number of hydrogen-bond donors (Lipinski definition) is 1. The predicted octanol–water partition coefficient (Wildman–Crippen LogP) is 3.87. The van der Waals surface area contributed by atoms with Crippen molar-refractivity contribution in [1.82, 2.24) is 15.1 Å². The molecule has 33 heavy (non-hydrogen) atoms. The van der Waals surface area contributed by atoms with Gasteiger partial charge in [-0.3, -0.25) is 14.5 Å². The molecule has 1 aliphatic heterocycles. The largest absolute Gasteiger partial charge is 0.489 e. The summed E-state index contributed by atoms with van der Waals surface area (Å²) in [5.41, 5.74) is 1.25. The number of urea groups is 1. The molecule has 0 bridgehead atoms. The molecular weight excluding hydrogens is 418 g/mol. The van der Waals surface area contributed by atoms with Crippen molar-refractivity contribution in [2.24, 2.45) is 0 Å². The first kappa shape index (κ1) is 22.8. The van der Waals surface area contributed by atoms with Crippen molar-refractivity contribution in [3.63, 3.8) is 0 Å². The van der Waals surface area contributed by atoms with Crippen molar-refractivity contribution in [2.75, 3.05) is 13.1 Å². The van der Waals surface area contributed by atoms with E-state index in [0.29, 0.717) is 32.5 Å². The van der Waals surface area contributed by atoms with Crippen LogP contribution in [0.15, 0.2) is 54.6 Å². The van der Waals surface area contributed by atoms with Gasteiger partial charge in [0.05, 0.1) is 0 Å². The number of hydrogen-bond acceptors (Lipinski definition) is 4. The van der Waals surface area contributed by atoms with Crippen LogP contribution in [0, 0.1) is 0 Å². The van der Waals surface area contributed by atoms with Gasteiger partial charge in [0.15, 0.2) is 0 Å². The van der Waals surface area contributed by atoms with E-state index in [2.05, 4.69) is 5.32 Å². The van der Waals surface area contributed by atoms with Crippen molar-refractivity contribution >= 4 is 17.8 Å². The van der Waals surface area contributed by atoms with Gasteiger partial charge in [-0.1, -0.05) is 61.7 Å². The average molecular weight is 450 g/mol. The molecule has 1 spiro atoms. The van der Waals surface area contributed by atoms with Gasteiger partial charge in [0.25, 0.3) is 5.91 Å². The zero-order valence-electron chi connectivity index (χ0n) is 19.1. The van der Waals surface area contributed by atoms with Gasteiger partial charge in [-0.05, 0) is 43.0 Å². The molecule has 0 atom stereocenters. The predicted molar refractivity (Wildman–Crippen MR) is 124 cm³/mol. The molecule has 1 saturated carbocycles. The molecule has 1 saturated heterocycles. The first-order chi connectivity index (χ1) is 16.0. The van der Waals surface area contributed by atoms with E-state index in [1.54, 1.807) is 4.90 Å². The average Bonchev–Trinajstić information content (AvgIpc) is 3.06. The first-order valence-corrected chi connectivity index (χ1v) is 11.7. The van der Waals surface area contributed by atoms with Crippen LogP contribution < -0.4 is 10.1 Å². The summed E-state index contributed by atoms with van der Waals surface area (Å²) in [4.78, 5) is 41.1. The Bertz CT molecular complexity index is 984. The van der Waals surface area contributed by atoms with Crippen molar-refractivity contribution in [3.05, 3.63) is 65.7 Å². The van der Waals surface area contributed by atoms with E-state index in [9.17, 15) is 14.4 Å². The molecule has 2 aromatic carbocycles. The third kappa shape index (κ3) is 5.18. The highest BCUT2D eigenvalue weighted by Crippen LogP contribution is 2.33. The van der Waals surface area contributed by atoms with Gasteiger partial charge in [0.2, 0.25) is 5.91 Å². The normalized spacial score (nSPS) is 17.2. The Morgan fingerprint density at radius 1 is 1.00 bits per heavy atom. The molecule has 2 aliphatic rings. The number of likely N-dealkylation sites (N-methyl/N-ethyl adjacent to an activating group) is 1. The topological polar surface area (TPSA) is 79.0 Å². The van der Waals surface area contributed by atoms with Crippen LogP contribution in [0.3, 0.4) is 0 Å². The number of nitrogens with one attached hydrogen (secondary N) is 1. The SMILES string of the molecule is CCN(Cc1ccc(OCc2ccccc2)cc1)C(=O)CN1C(=O)NC2(CCCCC2)C1=O. The lowest BCUT2D eigenvalue weighted by molar-refractivity contribution is -0.139. The van der Waals surface area contributed by atoms with Crippen LogP contribution in [-0.2, 0) is 22.7 Å². The quantitative estimate of drug-likeness (QED) is 0.621. The summed E-state index contributed by atoms with van der Waals surface area (Å²) in [5.74, 6) is 0.267. The maximum absolute atomic E-state index is 13.0. The van der Waals surface area contributed by atoms with E-state index >= 15 is 0 Å². The number of nitrogens with zero attached hydrogens (tertiary/aromatic N) is 2. The summed E-state index contributed by atoms with van der Waals surface area (Å²) in [6, 6.07) is 17.1. The van der Waals surface area contributed by atoms with Gasteiger partial charge in [-0.2, -0.15) is 0 Å². The van der Waals surface area contributed by atoms with Gasteiger partial charge in [-0.25, -0.2) is 4.79 Å². The molecule has 7 heteroatoms. The second-order valence-corrected chi connectivity index (χ2v) is 8.79. The first-order valence-electron chi connectivity index (χ1n) is 11.7. The second-order valence-electron chi connectivity index (χ2n) is 8.79. The van der Waals surface area contributed by atoms with Gasteiger partial charge in [0.1, 0.15) is 24.4 Å². The highest BCUT2D eigenvalue weighted by atomic mass is 16.5. The lowest BCUT2D eigenvalue weighted by atomic mass is 9.82. The summed E-state index contributed by atoms with van der Waals surface area (Å²) < 4.78 is 5.82. The fourth-order valence-electron chi connectivity index (χ4n) is 4.58. The molecule has 2 aromatic rings. The second kappa shape index (κ2) is 10.1. The summed E-state index contributed by atoms with van der Waals surface area (Å²) in [6.45, 7) is 3.05. The maximum Gasteiger partial charge on any atom is 0.325 e. The molecule has 4 amide bonds. The molecule has 1 aliphatic carbocycles. The Morgan fingerprint density at radius 3 is 2.36 bits per heavy atom. The number of amides is 4. The minimum atomic E-state index is -0.803. The Morgan fingerprint density at radius 2 is 1.70 bits per heavy atom. The molecular formula is C26H31N3O4. The smallest absolute Gasteiger partial charge is 0.325 e. The molecule has 7 nitrogen and oxygen atoms in total. The van der Waals surface area contributed by atoms with Gasteiger partial charge >= 0.3 is 6.03 Å². The molecule has 1 heterocycles. The third-order valence-corrected chi connectivity index (χ3v) is 6.53. The third-order valence-electron chi connectivity index (χ3n) is 6.53. The van der Waals surface area contributed by atoms with Crippen LogP contribution in [0.1, 0.15) is 50.2 Å². The summed E-state index contributed by atoms with van der Waals surface area (Å²) in [6.07, 6.45) is 4.21. The van der Waals surface area contributed by atoms with Gasteiger partial charge in [-0.15, -0.1) is 0 Å². The zero-order chi connectivity index (χ0) is 23.3. The van der Waals surface area contributed by atoms with Crippen LogP contribution >= 0.6 is 0 Å². The van der Waals surface area contributed by atoms with Crippen LogP contribution in [0.5, 0.6) is 5.75 Å². The molecule has 174 valence electrons. The Hall–Kier alpha value is -3.35. The number of carbonyl (C=O) groups is 3. The van der Waals surface area contributed by atoms with E-state index in [0.717, 1.165) is 41.0 Å². The highest BCUT2D eigenvalue weighted by molar-refractivity contribution is 6.09. The zero-order valence-corrected chi connectivity index (χ0v) is 19.1. The van der Waals surface area contributed by atoms with Gasteiger partial charge < -0.3 is 15.0 Å². The molecule has 2 fully saturated rings. The minimum absolute atomic E-state index is 0.224. The molecule has 4 rings (SSSR count). The minimum Gasteiger partial charge on any atom is -0.489 e. The maximum atomic E-state index is 13.0. The van der Waals surface area contributed by atoms with Crippen LogP contribution in [0.4, 0.5) is 4.79 Å². The summed E-state index contributed by atoms with van der Waals surface area (Å²) >= 11 is 0. The van der Waals surface area contributed by atoms with Crippen LogP contribution in [0.2, 0.25) is 0 Å². The Labute approximate surface area is 194 Å². The molecule has 0 aromatic heterocycles. The monoisotopic (exact) mass is 449 g/mol. The number of rotatable bonds is 8. The number of carbonyl (C=O) groups excluding carboxylic acids is 3. The number of imide groups is 1. The molecule has 1 N–H and O–H groups in total. The van der Waals surface area contributed by atoms with Crippen molar-refractivity contribution < 1.29 is 19.1 Å². The van der Waals surface area contributed by atoms with Crippen LogP contribution in [-0.4, -0.2) is 46.3 Å². The lowest BCUT2D eigenvalue weighted by Crippen LogP contribution is -2.49.